The number of amides is 1. The van der Waals surface area contributed by atoms with Crippen LogP contribution in [0.3, 0.4) is 0 Å². The van der Waals surface area contributed by atoms with E-state index in [1.807, 2.05) is 20.8 Å². The number of hydrogen-bond donors (Lipinski definition) is 0. The van der Waals surface area contributed by atoms with Crippen LogP contribution in [0.25, 0.3) is 5.57 Å². The fraction of sp³-hybridized carbons (Fsp3) is 0.560. The molecule has 1 atom stereocenters. The number of benzene rings is 1. The Labute approximate surface area is 180 Å². The third-order valence-electron chi connectivity index (χ3n) is 6.09. The lowest BCUT2D eigenvalue weighted by atomic mass is 9.96. The molecule has 30 heavy (non-hydrogen) atoms. The van der Waals surface area contributed by atoms with Crippen LogP contribution in [-0.2, 0) is 14.2 Å². The first-order chi connectivity index (χ1) is 14.5. The molecule has 1 fully saturated rings. The summed E-state index contributed by atoms with van der Waals surface area (Å²) in [5.74, 6) is -0.499. The first kappa shape index (κ1) is 22.6. The monoisotopic (exact) mass is 413 g/mol. The van der Waals surface area contributed by atoms with E-state index in [-0.39, 0.29) is 12.0 Å². The topological polar surface area (TPSA) is 48.0 Å². The zero-order valence-electron chi connectivity index (χ0n) is 18.8. The molecule has 3 rings (SSSR count). The van der Waals surface area contributed by atoms with E-state index in [1.165, 1.54) is 22.3 Å². The normalized spacial score (nSPS) is 21.1. The molecule has 1 unspecified atom stereocenters. The molecule has 1 heterocycles. The van der Waals surface area contributed by atoms with Crippen molar-refractivity contribution in [3.8, 4) is 0 Å². The number of likely N-dealkylation sites (tertiary alicyclic amines) is 1. The Morgan fingerprint density at radius 2 is 1.90 bits per heavy atom. The highest BCUT2D eigenvalue weighted by molar-refractivity contribution is 5.79. The molecular weight excluding hydrogens is 378 g/mol. The van der Waals surface area contributed by atoms with E-state index < -0.39 is 5.79 Å². The highest BCUT2D eigenvalue weighted by atomic mass is 16.7. The zero-order valence-corrected chi connectivity index (χ0v) is 18.8. The smallest absolute Gasteiger partial charge is 0.409 e. The third-order valence-corrected chi connectivity index (χ3v) is 6.09. The van der Waals surface area contributed by atoms with Crippen molar-refractivity contribution in [1.29, 1.82) is 0 Å². The second kappa shape index (κ2) is 10.3. The van der Waals surface area contributed by atoms with Crippen molar-refractivity contribution < 1.29 is 19.0 Å². The standard InChI is InChI=1S/C25H35NO4/c1-5-11-20-19(4)21-12-8-9-13-22(21)23(20)18-28-24(27)26-16-10-14-25(15-17-26,29-6-2)30-7-3/h5,8-9,11-13,23H,6-7,10,14-18H2,1-4H3. The molecule has 0 saturated carbocycles. The molecular formula is C25H35NO4. The Balaban J connectivity index is 1.65. The van der Waals surface area contributed by atoms with Gasteiger partial charge in [-0.1, -0.05) is 36.4 Å². The molecule has 1 aromatic carbocycles. The van der Waals surface area contributed by atoms with Gasteiger partial charge in [-0.3, -0.25) is 0 Å². The number of ether oxygens (including phenoxy) is 3. The van der Waals surface area contributed by atoms with Gasteiger partial charge in [0.15, 0.2) is 5.79 Å². The number of fused-ring (bicyclic) bond motifs is 1. The molecule has 0 radical (unpaired) electrons. The molecule has 0 N–H and O–H groups in total. The van der Waals surface area contributed by atoms with E-state index in [9.17, 15) is 4.79 Å². The molecule has 1 saturated heterocycles. The summed E-state index contributed by atoms with van der Waals surface area (Å²) >= 11 is 0. The summed E-state index contributed by atoms with van der Waals surface area (Å²) in [6.07, 6.45) is 6.24. The molecule has 1 aromatic rings. The van der Waals surface area contributed by atoms with Gasteiger partial charge in [0.1, 0.15) is 6.61 Å². The lowest BCUT2D eigenvalue weighted by molar-refractivity contribution is -0.238. The van der Waals surface area contributed by atoms with Gasteiger partial charge in [0.25, 0.3) is 0 Å². The molecule has 0 aromatic heterocycles. The van der Waals surface area contributed by atoms with Crippen molar-refractivity contribution in [1.82, 2.24) is 4.90 Å². The summed E-state index contributed by atoms with van der Waals surface area (Å²) in [4.78, 5) is 14.7. The second-order valence-corrected chi connectivity index (χ2v) is 7.91. The van der Waals surface area contributed by atoms with Crippen molar-refractivity contribution in [2.24, 2.45) is 0 Å². The van der Waals surface area contributed by atoms with Gasteiger partial charge in [0.05, 0.1) is 0 Å². The summed E-state index contributed by atoms with van der Waals surface area (Å²) in [6, 6.07) is 8.39. The van der Waals surface area contributed by atoms with Crippen LogP contribution in [0.2, 0.25) is 0 Å². The summed E-state index contributed by atoms with van der Waals surface area (Å²) in [7, 11) is 0. The van der Waals surface area contributed by atoms with Crippen molar-refractivity contribution >= 4 is 11.7 Å². The number of allylic oxidation sites excluding steroid dienone is 3. The second-order valence-electron chi connectivity index (χ2n) is 7.91. The largest absolute Gasteiger partial charge is 0.448 e. The van der Waals surface area contributed by atoms with E-state index in [1.54, 1.807) is 4.90 Å². The van der Waals surface area contributed by atoms with Crippen LogP contribution < -0.4 is 0 Å². The Kier molecular flexibility index (Phi) is 7.73. The van der Waals surface area contributed by atoms with Gasteiger partial charge in [0, 0.05) is 45.1 Å². The summed E-state index contributed by atoms with van der Waals surface area (Å²) in [5.41, 5.74) is 4.98. The predicted octanol–water partition coefficient (Wildman–Crippen LogP) is 5.53. The van der Waals surface area contributed by atoms with Crippen LogP contribution in [0, 0.1) is 0 Å². The van der Waals surface area contributed by atoms with Gasteiger partial charge < -0.3 is 19.1 Å². The zero-order chi connectivity index (χ0) is 21.6. The van der Waals surface area contributed by atoms with Crippen LogP contribution in [0.5, 0.6) is 0 Å². The molecule has 0 bridgehead atoms. The predicted molar refractivity (Wildman–Crippen MR) is 119 cm³/mol. The lowest BCUT2D eigenvalue weighted by Crippen LogP contribution is -2.39. The number of carbonyl (C=O) groups excluding carboxylic acids is 1. The number of carbonyl (C=O) groups is 1. The van der Waals surface area contributed by atoms with E-state index in [0.29, 0.717) is 39.3 Å². The van der Waals surface area contributed by atoms with Crippen molar-refractivity contribution in [2.75, 3.05) is 32.9 Å². The Morgan fingerprint density at radius 3 is 2.60 bits per heavy atom. The Hall–Kier alpha value is -2.11. The summed E-state index contributed by atoms with van der Waals surface area (Å²) in [5, 5.41) is 0. The fourth-order valence-corrected chi connectivity index (χ4v) is 4.69. The maximum absolute atomic E-state index is 12.9. The van der Waals surface area contributed by atoms with Gasteiger partial charge in [-0.25, -0.2) is 4.79 Å². The van der Waals surface area contributed by atoms with Crippen molar-refractivity contribution in [3.63, 3.8) is 0 Å². The Morgan fingerprint density at radius 1 is 1.17 bits per heavy atom. The molecule has 1 aliphatic carbocycles. The summed E-state index contributed by atoms with van der Waals surface area (Å²) in [6.45, 7) is 10.9. The molecule has 1 amide bonds. The van der Waals surface area contributed by atoms with E-state index in [0.717, 1.165) is 12.8 Å². The molecule has 5 nitrogen and oxygen atoms in total. The minimum atomic E-state index is -0.581. The average molecular weight is 414 g/mol. The quantitative estimate of drug-likeness (QED) is 0.552. The third kappa shape index (κ3) is 4.79. The van der Waals surface area contributed by atoms with Crippen LogP contribution in [-0.4, -0.2) is 49.7 Å². The van der Waals surface area contributed by atoms with Gasteiger partial charge >= 0.3 is 6.09 Å². The minimum absolute atomic E-state index is 0.0827. The highest BCUT2D eigenvalue weighted by Crippen LogP contribution is 2.42. The maximum Gasteiger partial charge on any atom is 0.409 e. The summed E-state index contributed by atoms with van der Waals surface area (Å²) < 4.78 is 17.7. The number of rotatable bonds is 7. The SMILES string of the molecule is CC=CC1=C(C)c2ccccc2C1COC(=O)N1CCCC(OCC)(OCC)CC1. The Bertz CT molecular complexity index is 792. The molecule has 5 heteroatoms. The van der Waals surface area contributed by atoms with Gasteiger partial charge in [-0.2, -0.15) is 0 Å². The number of hydrogen-bond acceptors (Lipinski definition) is 4. The minimum Gasteiger partial charge on any atom is -0.448 e. The van der Waals surface area contributed by atoms with Gasteiger partial charge in [0.2, 0.25) is 0 Å². The van der Waals surface area contributed by atoms with E-state index in [4.69, 9.17) is 14.2 Å². The first-order valence-corrected chi connectivity index (χ1v) is 11.2. The molecule has 2 aliphatic rings. The van der Waals surface area contributed by atoms with E-state index >= 15 is 0 Å². The van der Waals surface area contributed by atoms with Gasteiger partial charge in [-0.15, -0.1) is 0 Å². The number of nitrogens with zero attached hydrogens (tertiary/aromatic N) is 1. The van der Waals surface area contributed by atoms with Crippen LogP contribution in [0.15, 0.2) is 42.0 Å². The van der Waals surface area contributed by atoms with Crippen molar-refractivity contribution in [3.05, 3.63) is 53.1 Å². The highest BCUT2D eigenvalue weighted by Gasteiger charge is 2.36. The van der Waals surface area contributed by atoms with Crippen LogP contribution in [0.4, 0.5) is 4.79 Å². The molecule has 0 spiro atoms. The first-order valence-electron chi connectivity index (χ1n) is 11.2. The molecule has 164 valence electrons. The molecule has 1 aliphatic heterocycles. The van der Waals surface area contributed by atoms with Crippen LogP contribution in [0.1, 0.15) is 64.0 Å². The van der Waals surface area contributed by atoms with Crippen molar-refractivity contribution in [2.45, 2.75) is 58.7 Å². The van der Waals surface area contributed by atoms with Gasteiger partial charge in [-0.05, 0) is 56.4 Å². The van der Waals surface area contributed by atoms with Crippen LogP contribution >= 0.6 is 0 Å². The maximum atomic E-state index is 12.9. The van der Waals surface area contributed by atoms with E-state index in [2.05, 4.69) is 43.3 Å². The lowest BCUT2D eigenvalue weighted by Gasteiger charge is -2.32. The average Bonchev–Trinajstić information content (AvgIpc) is 2.88. The fourth-order valence-electron chi connectivity index (χ4n) is 4.69.